The number of rotatable bonds is 5. The van der Waals surface area contributed by atoms with E-state index in [1.54, 1.807) is 0 Å². The average molecular weight is 269 g/mol. The second-order valence-corrected chi connectivity index (χ2v) is 6.86. The third-order valence-corrected chi connectivity index (χ3v) is 4.33. The summed E-state index contributed by atoms with van der Waals surface area (Å²) < 4.78 is 0. The Balaban J connectivity index is 2.21. The van der Waals surface area contributed by atoms with Crippen molar-refractivity contribution < 1.29 is 4.79 Å². The lowest BCUT2D eigenvalue weighted by atomic mass is 9.77. The Morgan fingerprint density at radius 2 is 2.00 bits per heavy atom. The van der Waals surface area contributed by atoms with Crippen molar-refractivity contribution in [2.75, 3.05) is 19.6 Å². The average Bonchev–Trinajstić information content (AvgIpc) is 2.59. The molecule has 1 heterocycles. The lowest BCUT2D eigenvalue weighted by molar-refractivity contribution is -0.121. The van der Waals surface area contributed by atoms with E-state index in [9.17, 15) is 4.79 Å². The smallest absolute Gasteiger partial charge is 0.233 e. The highest BCUT2D eigenvalue weighted by atomic mass is 16.2. The van der Waals surface area contributed by atoms with Gasteiger partial charge in [0.05, 0.1) is 0 Å². The zero-order chi connectivity index (χ0) is 14.3. The van der Waals surface area contributed by atoms with Crippen LogP contribution in [0.4, 0.5) is 0 Å². The number of hydrogen-bond donors (Lipinski definition) is 2. The van der Waals surface area contributed by atoms with Crippen LogP contribution in [0.15, 0.2) is 0 Å². The first-order valence-corrected chi connectivity index (χ1v) is 7.65. The summed E-state index contributed by atoms with van der Waals surface area (Å²) in [6.45, 7) is 10.6. The molecule has 0 aromatic heterocycles. The van der Waals surface area contributed by atoms with Crippen LogP contribution >= 0.6 is 0 Å². The zero-order valence-corrected chi connectivity index (χ0v) is 12.9. The summed E-state index contributed by atoms with van der Waals surface area (Å²) >= 11 is 0. The molecule has 0 saturated carbocycles. The van der Waals surface area contributed by atoms with Crippen LogP contribution in [0.1, 0.15) is 59.3 Å². The summed E-state index contributed by atoms with van der Waals surface area (Å²) in [5.41, 5.74) is 2.62. The van der Waals surface area contributed by atoms with Gasteiger partial charge < -0.3 is 4.90 Å². The lowest BCUT2D eigenvalue weighted by Crippen LogP contribution is -2.30. The van der Waals surface area contributed by atoms with Gasteiger partial charge in [0.2, 0.25) is 5.91 Å². The van der Waals surface area contributed by atoms with E-state index in [1.807, 2.05) is 0 Å². The number of amides is 1. The third-order valence-electron chi connectivity index (χ3n) is 4.33. The Bertz CT molecular complexity index is 273. The second-order valence-electron chi connectivity index (χ2n) is 6.86. The summed E-state index contributed by atoms with van der Waals surface area (Å²) in [5.74, 6) is 5.86. The molecule has 1 amide bonds. The van der Waals surface area contributed by atoms with Crippen LogP contribution in [-0.4, -0.2) is 30.4 Å². The number of likely N-dealkylation sites (tertiary alicyclic amines) is 1. The molecule has 0 aromatic carbocycles. The molecule has 0 aliphatic carbocycles. The van der Waals surface area contributed by atoms with Crippen LogP contribution in [0.25, 0.3) is 0 Å². The molecule has 4 heteroatoms. The Morgan fingerprint density at radius 3 is 2.63 bits per heavy atom. The van der Waals surface area contributed by atoms with Gasteiger partial charge in [-0.25, -0.2) is 5.84 Å². The number of hydrazine groups is 1. The van der Waals surface area contributed by atoms with E-state index < -0.39 is 0 Å². The molecule has 0 radical (unpaired) electrons. The molecule has 1 saturated heterocycles. The number of hydrogen-bond acceptors (Lipinski definition) is 3. The molecule has 1 fully saturated rings. The predicted molar refractivity (Wildman–Crippen MR) is 79.4 cm³/mol. The van der Waals surface area contributed by atoms with Crippen LogP contribution in [0.5, 0.6) is 0 Å². The first-order chi connectivity index (χ1) is 8.93. The second kappa shape index (κ2) is 7.85. The Kier molecular flexibility index (Phi) is 6.80. The first kappa shape index (κ1) is 16.4. The molecule has 0 bridgehead atoms. The van der Waals surface area contributed by atoms with Crippen molar-refractivity contribution in [2.45, 2.75) is 59.3 Å². The highest BCUT2D eigenvalue weighted by Gasteiger charge is 2.26. The van der Waals surface area contributed by atoms with Gasteiger partial charge in [0.15, 0.2) is 0 Å². The van der Waals surface area contributed by atoms with Gasteiger partial charge >= 0.3 is 0 Å². The number of nitrogens with one attached hydrogen (secondary N) is 1. The van der Waals surface area contributed by atoms with Gasteiger partial charge in [-0.3, -0.25) is 10.2 Å². The SMILES string of the molecule is CC(C)(C)C1CCCN(CCCCC(=O)NN)CC1. The fourth-order valence-corrected chi connectivity index (χ4v) is 2.94. The van der Waals surface area contributed by atoms with Crippen molar-refractivity contribution in [3.05, 3.63) is 0 Å². The maximum Gasteiger partial charge on any atom is 0.233 e. The Morgan fingerprint density at radius 1 is 1.26 bits per heavy atom. The number of nitrogens with two attached hydrogens (primary N) is 1. The summed E-state index contributed by atoms with van der Waals surface area (Å²) in [7, 11) is 0. The van der Waals surface area contributed by atoms with Crippen LogP contribution in [0, 0.1) is 11.3 Å². The molecule has 1 aliphatic rings. The lowest BCUT2D eigenvalue weighted by Gasteiger charge is -2.29. The van der Waals surface area contributed by atoms with Crippen molar-refractivity contribution in [3.8, 4) is 0 Å². The fraction of sp³-hybridized carbons (Fsp3) is 0.933. The van der Waals surface area contributed by atoms with Crippen molar-refractivity contribution in [1.82, 2.24) is 10.3 Å². The van der Waals surface area contributed by atoms with Crippen LogP contribution < -0.4 is 11.3 Å². The molecule has 4 nitrogen and oxygen atoms in total. The van der Waals surface area contributed by atoms with Crippen LogP contribution in [0.3, 0.4) is 0 Å². The Hall–Kier alpha value is -0.610. The molecule has 1 atom stereocenters. The minimum absolute atomic E-state index is 0.0522. The number of carbonyl (C=O) groups excluding carboxylic acids is 1. The molecule has 1 unspecified atom stereocenters. The molecule has 1 aliphatic heterocycles. The van der Waals surface area contributed by atoms with E-state index in [1.165, 1.54) is 32.4 Å². The molecule has 19 heavy (non-hydrogen) atoms. The quantitative estimate of drug-likeness (QED) is 0.348. The normalized spacial score (nSPS) is 22.0. The molecule has 1 rings (SSSR count). The van der Waals surface area contributed by atoms with Gasteiger partial charge in [0, 0.05) is 6.42 Å². The van der Waals surface area contributed by atoms with E-state index in [0.717, 1.165) is 25.3 Å². The molecule has 0 aromatic rings. The Labute approximate surface area is 118 Å². The third kappa shape index (κ3) is 6.39. The summed E-state index contributed by atoms with van der Waals surface area (Å²) in [6.07, 6.45) is 6.55. The van der Waals surface area contributed by atoms with Gasteiger partial charge in [-0.15, -0.1) is 0 Å². The van der Waals surface area contributed by atoms with E-state index in [-0.39, 0.29) is 5.91 Å². The molecule has 112 valence electrons. The van der Waals surface area contributed by atoms with E-state index >= 15 is 0 Å². The molecule has 0 spiro atoms. The summed E-state index contributed by atoms with van der Waals surface area (Å²) in [6, 6.07) is 0. The van der Waals surface area contributed by atoms with Gasteiger partial charge in [0.1, 0.15) is 0 Å². The zero-order valence-electron chi connectivity index (χ0n) is 12.9. The molecule has 3 N–H and O–H groups in total. The number of nitrogens with zero attached hydrogens (tertiary/aromatic N) is 1. The first-order valence-electron chi connectivity index (χ1n) is 7.65. The summed E-state index contributed by atoms with van der Waals surface area (Å²) in [4.78, 5) is 13.6. The highest BCUT2D eigenvalue weighted by Crippen LogP contribution is 2.34. The van der Waals surface area contributed by atoms with Gasteiger partial charge in [0.25, 0.3) is 0 Å². The molecular weight excluding hydrogens is 238 g/mol. The number of unbranched alkanes of at least 4 members (excludes halogenated alkanes) is 1. The minimum atomic E-state index is -0.0522. The van der Waals surface area contributed by atoms with Gasteiger partial charge in [-0.05, 0) is 63.1 Å². The van der Waals surface area contributed by atoms with Crippen molar-refractivity contribution in [1.29, 1.82) is 0 Å². The monoisotopic (exact) mass is 269 g/mol. The maximum atomic E-state index is 11.0. The van der Waals surface area contributed by atoms with E-state index in [0.29, 0.717) is 11.8 Å². The van der Waals surface area contributed by atoms with Gasteiger partial charge in [-0.1, -0.05) is 20.8 Å². The largest absolute Gasteiger partial charge is 0.303 e. The van der Waals surface area contributed by atoms with Crippen LogP contribution in [0.2, 0.25) is 0 Å². The predicted octanol–water partition coefficient (Wildman–Crippen LogP) is 2.29. The van der Waals surface area contributed by atoms with Crippen molar-refractivity contribution in [3.63, 3.8) is 0 Å². The van der Waals surface area contributed by atoms with E-state index in [4.69, 9.17) is 5.84 Å². The summed E-state index contributed by atoms with van der Waals surface area (Å²) in [5, 5.41) is 0. The highest BCUT2D eigenvalue weighted by molar-refractivity contribution is 5.75. The topological polar surface area (TPSA) is 58.4 Å². The minimum Gasteiger partial charge on any atom is -0.303 e. The van der Waals surface area contributed by atoms with Crippen LogP contribution in [-0.2, 0) is 4.79 Å². The fourth-order valence-electron chi connectivity index (χ4n) is 2.94. The standard InChI is InChI=1S/C15H31N3O/c1-15(2,3)13-7-6-11-18(12-9-13)10-5-4-8-14(19)17-16/h13H,4-12,16H2,1-3H3,(H,17,19). The number of carbonyl (C=O) groups is 1. The maximum absolute atomic E-state index is 11.0. The van der Waals surface area contributed by atoms with Crippen molar-refractivity contribution >= 4 is 5.91 Å². The van der Waals surface area contributed by atoms with E-state index in [2.05, 4.69) is 31.1 Å². The van der Waals surface area contributed by atoms with Gasteiger partial charge in [-0.2, -0.15) is 0 Å². The molecular formula is C15H31N3O. The van der Waals surface area contributed by atoms with Crippen molar-refractivity contribution in [2.24, 2.45) is 17.2 Å².